The van der Waals surface area contributed by atoms with Crippen LogP contribution in [0.3, 0.4) is 0 Å². The van der Waals surface area contributed by atoms with Crippen molar-refractivity contribution < 1.29 is 9.84 Å². The lowest BCUT2D eigenvalue weighted by molar-refractivity contribution is 0.201. The van der Waals surface area contributed by atoms with Gasteiger partial charge in [-0.3, -0.25) is 0 Å². The van der Waals surface area contributed by atoms with Gasteiger partial charge in [-0.15, -0.1) is 0 Å². The fourth-order valence-electron chi connectivity index (χ4n) is 2.43. The van der Waals surface area contributed by atoms with Crippen LogP contribution in [0.15, 0.2) is 18.2 Å². The normalized spacial score (nSPS) is 10.9. The monoisotopic (exact) mass is 250 g/mol. The zero-order chi connectivity index (χ0) is 13.4. The number of aryl methyl sites for hydroxylation is 1. The third-order valence-electron chi connectivity index (χ3n) is 3.42. The lowest BCUT2D eigenvalue weighted by Crippen LogP contribution is -2.05. The number of hydrogen-bond acceptors (Lipinski definition) is 2. The Morgan fingerprint density at radius 1 is 1.17 bits per heavy atom. The van der Waals surface area contributed by atoms with Gasteiger partial charge in [0, 0.05) is 0 Å². The van der Waals surface area contributed by atoms with Crippen LogP contribution < -0.4 is 4.74 Å². The van der Waals surface area contributed by atoms with Crippen molar-refractivity contribution in [2.24, 2.45) is 0 Å². The number of benzene rings is 1. The Bertz CT molecular complexity index is 343. The van der Waals surface area contributed by atoms with Gasteiger partial charge in [-0.2, -0.15) is 0 Å². The van der Waals surface area contributed by atoms with E-state index in [4.69, 9.17) is 9.84 Å². The van der Waals surface area contributed by atoms with E-state index in [0.29, 0.717) is 12.5 Å². The molecule has 0 fully saturated rings. The fraction of sp³-hybridized carbons (Fsp3) is 0.625. The second-order valence-electron chi connectivity index (χ2n) is 4.70. The second-order valence-corrected chi connectivity index (χ2v) is 4.70. The number of hydrogen-bond donors (Lipinski definition) is 1. The zero-order valence-corrected chi connectivity index (χ0v) is 11.9. The van der Waals surface area contributed by atoms with Crippen LogP contribution in [0.2, 0.25) is 0 Å². The number of aliphatic hydroxyl groups excluding tert-OH is 1. The summed E-state index contributed by atoms with van der Waals surface area (Å²) in [6.45, 7) is 7.13. The van der Waals surface area contributed by atoms with E-state index in [2.05, 4.69) is 32.9 Å². The van der Waals surface area contributed by atoms with Crippen LogP contribution in [0.25, 0.3) is 0 Å². The maximum atomic E-state index is 8.81. The highest BCUT2D eigenvalue weighted by Crippen LogP contribution is 2.30. The fourth-order valence-corrected chi connectivity index (χ4v) is 2.43. The van der Waals surface area contributed by atoms with Crippen LogP contribution in [0.4, 0.5) is 0 Å². The summed E-state index contributed by atoms with van der Waals surface area (Å²) in [5.41, 5.74) is 2.87. The molecule has 18 heavy (non-hydrogen) atoms. The standard InChI is InChI=1S/C16H26O2/c1-4-7-14-8-9-15(18-11-10-17)12-16(14)13(5-2)6-3/h8-9,12-13,17H,4-7,10-11H2,1-3H3. The Kier molecular flexibility index (Phi) is 6.81. The average molecular weight is 250 g/mol. The summed E-state index contributed by atoms with van der Waals surface area (Å²) in [5, 5.41) is 8.81. The van der Waals surface area contributed by atoms with Crippen molar-refractivity contribution in [2.75, 3.05) is 13.2 Å². The van der Waals surface area contributed by atoms with Gasteiger partial charge in [-0.05, 0) is 48.4 Å². The van der Waals surface area contributed by atoms with Gasteiger partial charge in [0.1, 0.15) is 12.4 Å². The summed E-state index contributed by atoms with van der Waals surface area (Å²) in [6.07, 6.45) is 4.63. The van der Waals surface area contributed by atoms with E-state index in [1.807, 2.05) is 6.07 Å². The van der Waals surface area contributed by atoms with E-state index in [9.17, 15) is 0 Å². The van der Waals surface area contributed by atoms with Crippen molar-refractivity contribution in [1.82, 2.24) is 0 Å². The predicted octanol–water partition coefficient (Wildman–Crippen LogP) is 3.91. The zero-order valence-electron chi connectivity index (χ0n) is 11.9. The smallest absolute Gasteiger partial charge is 0.119 e. The molecule has 1 aromatic carbocycles. The summed E-state index contributed by atoms with van der Waals surface area (Å²) in [6, 6.07) is 6.37. The van der Waals surface area contributed by atoms with Gasteiger partial charge in [-0.25, -0.2) is 0 Å². The molecule has 0 heterocycles. The SMILES string of the molecule is CCCc1ccc(OCCO)cc1C(CC)CC. The number of aliphatic hydroxyl groups is 1. The molecule has 0 saturated carbocycles. The lowest BCUT2D eigenvalue weighted by Gasteiger charge is -2.19. The Morgan fingerprint density at radius 2 is 1.89 bits per heavy atom. The molecule has 0 radical (unpaired) electrons. The van der Waals surface area contributed by atoms with Crippen LogP contribution >= 0.6 is 0 Å². The Morgan fingerprint density at radius 3 is 2.44 bits per heavy atom. The van der Waals surface area contributed by atoms with Crippen LogP contribution in [-0.4, -0.2) is 18.3 Å². The molecule has 0 bridgehead atoms. The maximum absolute atomic E-state index is 8.81. The minimum atomic E-state index is 0.0665. The predicted molar refractivity (Wildman–Crippen MR) is 76.3 cm³/mol. The first-order valence-electron chi connectivity index (χ1n) is 7.13. The van der Waals surface area contributed by atoms with Crippen molar-refractivity contribution in [3.05, 3.63) is 29.3 Å². The molecule has 2 heteroatoms. The molecule has 102 valence electrons. The van der Waals surface area contributed by atoms with Crippen LogP contribution in [-0.2, 0) is 6.42 Å². The van der Waals surface area contributed by atoms with E-state index in [1.54, 1.807) is 0 Å². The van der Waals surface area contributed by atoms with Gasteiger partial charge in [0.15, 0.2) is 0 Å². The minimum Gasteiger partial charge on any atom is -0.491 e. The van der Waals surface area contributed by atoms with Gasteiger partial charge >= 0.3 is 0 Å². The van der Waals surface area contributed by atoms with Crippen LogP contribution in [0.1, 0.15) is 57.1 Å². The average Bonchev–Trinajstić information content (AvgIpc) is 2.40. The van der Waals surface area contributed by atoms with Crippen LogP contribution in [0.5, 0.6) is 5.75 Å². The molecular weight excluding hydrogens is 224 g/mol. The molecule has 0 saturated heterocycles. The third kappa shape index (κ3) is 4.02. The van der Waals surface area contributed by atoms with Crippen molar-refractivity contribution in [3.63, 3.8) is 0 Å². The number of rotatable bonds is 8. The van der Waals surface area contributed by atoms with Gasteiger partial charge in [-0.1, -0.05) is 33.3 Å². The topological polar surface area (TPSA) is 29.5 Å². The first-order chi connectivity index (χ1) is 8.76. The molecule has 1 aromatic rings. The van der Waals surface area contributed by atoms with Crippen molar-refractivity contribution in [3.8, 4) is 5.75 Å². The Hall–Kier alpha value is -1.02. The molecule has 0 aromatic heterocycles. The third-order valence-corrected chi connectivity index (χ3v) is 3.42. The molecule has 0 unspecified atom stereocenters. The van der Waals surface area contributed by atoms with Gasteiger partial charge < -0.3 is 9.84 Å². The molecule has 2 nitrogen and oxygen atoms in total. The molecule has 0 spiro atoms. The molecule has 1 N–H and O–H groups in total. The largest absolute Gasteiger partial charge is 0.491 e. The molecule has 0 amide bonds. The highest BCUT2D eigenvalue weighted by atomic mass is 16.5. The maximum Gasteiger partial charge on any atom is 0.119 e. The molecule has 0 aliphatic carbocycles. The van der Waals surface area contributed by atoms with Crippen molar-refractivity contribution in [1.29, 1.82) is 0 Å². The highest BCUT2D eigenvalue weighted by molar-refractivity contribution is 5.38. The van der Waals surface area contributed by atoms with E-state index >= 15 is 0 Å². The minimum absolute atomic E-state index is 0.0665. The first kappa shape index (κ1) is 15.0. The van der Waals surface area contributed by atoms with E-state index in [1.165, 1.54) is 17.5 Å². The summed E-state index contributed by atoms with van der Waals surface area (Å²) in [7, 11) is 0. The molecule has 1 rings (SSSR count). The summed E-state index contributed by atoms with van der Waals surface area (Å²) in [5.74, 6) is 1.50. The Labute approximate surface area is 111 Å². The van der Waals surface area contributed by atoms with Crippen molar-refractivity contribution >= 4 is 0 Å². The van der Waals surface area contributed by atoms with Gasteiger partial charge in [0.25, 0.3) is 0 Å². The first-order valence-corrected chi connectivity index (χ1v) is 7.13. The Balaban J connectivity index is 2.98. The summed E-state index contributed by atoms with van der Waals surface area (Å²) < 4.78 is 5.52. The second kappa shape index (κ2) is 8.15. The van der Waals surface area contributed by atoms with Crippen molar-refractivity contribution in [2.45, 2.75) is 52.4 Å². The van der Waals surface area contributed by atoms with Crippen LogP contribution in [0, 0.1) is 0 Å². The van der Waals surface area contributed by atoms with Gasteiger partial charge in [0.2, 0.25) is 0 Å². The van der Waals surface area contributed by atoms with E-state index < -0.39 is 0 Å². The van der Waals surface area contributed by atoms with E-state index in [0.717, 1.165) is 25.0 Å². The molecule has 0 atom stereocenters. The van der Waals surface area contributed by atoms with E-state index in [-0.39, 0.29) is 6.61 Å². The summed E-state index contributed by atoms with van der Waals surface area (Å²) >= 11 is 0. The molecular formula is C16H26O2. The summed E-state index contributed by atoms with van der Waals surface area (Å²) in [4.78, 5) is 0. The van der Waals surface area contributed by atoms with Gasteiger partial charge in [0.05, 0.1) is 6.61 Å². The lowest BCUT2D eigenvalue weighted by atomic mass is 9.88. The molecule has 0 aliphatic heterocycles. The number of ether oxygens (including phenoxy) is 1. The highest BCUT2D eigenvalue weighted by Gasteiger charge is 2.12. The molecule has 0 aliphatic rings. The quantitative estimate of drug-likeness (QED) is 0.758.